The van der Waals surface area contributed by atoms with Crippen LogP contribution in [-0.4, -0.2) is 43.6 Å². The zero-order chi connectivity index (χ0) is 17.0. The van der Waals surface area contributed by atoms with Gasteiger partial charge >= 0.3 is 11.9 Å². The van der Waals surface area contributed by atoms with Crippen molar-refractivity contribution in [2.24, 2.45) is 17.8 Å². The number of halogens is 1. The van der Waals surface area contributed by atoms with Crippen molar-refractivity contribution in [2.75, 3.05) is 5.75 Å². The van der Waals surface area contributed by atoms with Crippen molar-refractivity contribution in [2.45, 2.75) is 56.4 Å². The third-order valence-corrected chi connectivity index (χ3v) is 6.53. The first-order valence-electron chi connectivity index (χ1n) is 8.02. The maximum Gasteiger partial charge on any atom is 0.306 e. The number of carboxylic acids is 2. The van der Waals surface area contributed by atoms with Crippen LogP contribution >= 0.6 is 11.6 Å². The average molecular weight is 367 g/mol. The molecular formula is C15H23ClO6S. The van der Waals surface area contributed by atoms with Crippen LogP contribution in [0.3, 0.4) is 0 Å². The first-order chi connectivity index (χ1) is 10.9. The topological polar surface area (TPSA) is 101 Å². The van der Waals surface area contributed by atoms with E-state index in [1.54, 1.807) is 0 Å². The fourth-order valence-corrected chi connectivity index (χ4v) is 5.23. The fraction of sp³-hybridized carbons (Fsp3) is 0.867. The van der Waals surface area contributed by atoms with Crippen molar-refractivity contribution >= 4 is 34.6 Å². The van der Waals surface area contributed by atoms with Gasteiger partial charge in [-0.1, -0.05) is 12.8 Å². The van der Waals surface area contributed by atoms with E-state index in [9.17, 15) is 13.8 Å². The van der Waals surface area contributed by atoms with Gasteiger partial charge in [-0.3, -0.25) is 13.8 Å². The zero-order valence-electron chi connectivity index (χ0n) is 12.9. The van der Waals surface area contributed by atoms with Crippen LogP contribution in [0.15, 0.2) is 0 Å². The molecule has 0 saturated heterocycles. The smallest absolute Gasteiger partial charge is 0.306 e. The molecule has 2 N–H and O–H groups in total. The van der Waals surface area contributed by atoms with Gasteiger partial charge in [0.15, 0.2) is 11.1 Å². The Labute approximate surface area is 143 Å². The largest absolute Gasteiger partial charge is 0.481 e. The molecule has 6 nitrogen and oxygen atoms in total. The highest BCUT2D eigenvalue weighted by molar-refractivity contribution is 7.80. The summed E-state index contributed by atoms with van der Waals surface area (Å²) in [5.74, 6) is -3.10. The number of hydrogen-bond acceptors (Lipinski definition) is 4. The molecule has 0 heterocycles. The van der Waals surface area contributed by atoms with E-state index in [1.165, 1.54) is 0 Å². The van der Waals surface area contributed by atoms with E-state index in [0.717, 1.165) is 25.7 Å². The van der Waals surface area contributed by atoms with Crippen molar-refractivity contribution in [3.05, 3.63) is 0 Å². The molecule has 132 valence electrons. The summed E-state index contributed by atoms with van der Waals surface area (Å²) in [6.07, 6.45) is 3.91. The summed E-state index contributed by atoms with van der Waals surface area (Å²) < 4.78 is 17.7. The van der Waals surface area contributed by atoms with Gasteiger partial charge in [-0.05, 0) is 38.0 Å². The summed E-state index contributed by atoms with van der Waals surface area (Å²) in [5, 5.41) is 18.3. The Morgan fingerprint density at radius 1 is 1.04 bits per heavy atom. The number of carbonyl (C=O) groups is 2. The third kappa shape index (κ3) is 5.43. The van der Waals surface area contributed by atoms with E-state index in [2.05, 4.69) is 0 Å². The van der Waals surface area contributed by atoms with E-state index in [-0.39, 0.29) is 30.6 Å². The molecule has 0 amide bonds. The van der Waals surface area contributed by atoms with E-state index in [4.69, 9.17) is 26.0 Å². The molecule has 0 aromatic heterocycles. The molecule has 23 heavy (non-hydrogen) atoms. The number of carboxylic acid groups (broad SMARTS) is 2. The molecule has 0 spiro atoms. The molecule has 0 radical (unpaired) electrons. The average Bonchev–Trinajstić information content (AvgIpc) is 2.49. The summed E-state index contributed by atoms with van der Waals surface area (Å²) in [6, 6.07) is 0. The van der Waals surface area contributed by atoms with Crippen molar-refractivity contribution in [1.29, 1.82) is 0 Å². The number of hydrogen-bond donors (Lipinski definition) is 2. The van der Waals surface area contributed by atoms with Crippen LogP contribution in [0.25, 0.3) is 0 Å². The third-order valence-electron chi connectivity index (χ3n) is 4.77. The summed E-state index contributed by atoms with van der Waals surface area (Å²) in [6.45, 7) is 0. The van der Waals surface area contributed by atoms with E-state index < -0.39 is 41.0 Å². The second-order valence-electron chi connectivity index (χ2n) is 6.53. The van der Waals surface area contributed by atoms with Crippen molar-refractivity contribution < 1.29 is 28.2 Å². The maximum absolute atomic E-state index is 12.2. The lowest BCUT2D eigenvalue weighted by atomic mass is 9.80. The molecule has 0 aliphatic heterocycles. The zero-order valence-corrected chi connectivity index (χ0v) is 14.4. The van der Waals surface area contributed by atoms with Gasteiger partial charge < -0.3 is 10.2 Å². The fourth-order valence-electron chi connectivity index (χ4n) is 3.46. The van der Waals surface area contributed by atoms with E-state index >= 15 is 0 Å². The molecule has 2 rings (SSSR count). The SMILES string of the molecule is O=C(O)C1CC(OS(=O)CC2CCCCC2Cl)CC(C(=O)O)C1. The van der Waals surface area contributed by atoms with Crippen LogP contribution in [0, 0.1) is 17.8 Å². The van der Waals surface area contributed by atoms with Gasteiger partial charge in [0, 0.05) is 5.38 Å². The van der Waals surface area contributed by atoms with Gasteiger partial charge in [0.25, 0.3) is 0 Å². The number of aliphatic carboxylic acids is 2. The molecule has 2 saturated carbocycles. The lowest BCUT2D eigenvalue weighted by molar-refractivity contribution is -0.150. The maximum atomic E-state index is 12.2. The van der Waals surface area contributed by atoms with Gasteiger partial charge in [0.1, 0.15) is 0 Å². The van der Waals surface area contributed by atoms with Crippen LogP contribution in [0.4, 0.5) is 0 Å². The first kappa shape index (κ1) is 18.7. The lowest BCUT2D eigenvalue weighted by Crippen LogP contribution is -2.37. The lowest BCUT2D eigenvalue weighted by Gasteiger charge is -2.31. The minimum absolute atomic E-state index is 0.00110. The minimum atomic E-state index is -1.56. The highest BCUT2D eigenvalue weighted by atomic mass is 35.5. The first-order valence-corrected chi connectivity index (χ1v) is 9.70. The van der Waals surface area contributed by atoms with Gasteiger partial charge in [0.05, 0.1) is 23.7 Å². The Morgan fingerprint density at radius 3 is 2.13 bits per heavy atom. The summed E-state index contributed by atoms with van der Waals surface area (Å²) in [7, 11) is 0. The normalized spacial score (nSPS) is 36.3. The molecule has 2 aliphatic rings. The molecule has 2 fully saturated rings. The highest BCUT2D eigenvalue weighted by Crippen LogP contribution is 2.33. The Kier molecular flexibility index (Phi) is 6.85. The molecule has 0 aromatic rings. The summed E-state index contributed by atoms with van der Waals surface area (Å²) in [4.78, 5) is 22.3. The molecular weight excluding hydrogens is 344 g/mol. The van der Waals surface area contributed by atoms with Crippen LogP contribution in [0.5, 0.6) is 0 Å². The number of alkyl halides is 1. The van der Waals surface area contributed by atoms with Crippen molar-refractivity contribution in [1.82, 2.24) is 0 Å². The van der Waals surface area contributed by atoms with Crippen molar-refractivity contribution in [3.8, 4) is 0 Å². The Hall–Kier alpha value is -0.660. The van der Waals surface area contributed by atoms with E-state index in [1.807, 2.05) is 0 Å². The Bertz CT molecular complexity index is 449. The van der Waals surface area contributed by atoms with Gasteiger partial charge in [-0.15, -0.1) is 11.6 Å². The quantitative estimate of drug-likeness (QED) is 0.700. The molecule has 2 aliphatic carbocycles. The van der Waals surface area contributed by atoms with Gasteiger partial charge in [-0.25, -0.2) is 4.21 Å². The summed E-state index contributed by atoms with van der Waals surface area (Å²) in [5.41, 5.74) is 0. The molecule has 5 atom stereocenters. The van der Waals surface area contributed by atoms with Crippen LogP contribution in [-0.2, 0) is 24.9 Å². The predicted octanol–water partition coefficient (Wildman–Crippen LogP) is 2.42. The standard InChI is InChI=1S/C15H23ClO6S/c16-13-4-2-1-3-9(13)8-23(21)22-12-6-10(14(17)18)5-11(7-12)15(19)20/h9-13H,1-8H2,(H,17,18)(H,19,20). The molecule has 0 aromatic carbocycles. The van der Waals surface area contributed by atoms with Crippen LogP contribution < -0.4 is 0 Å². The minimum Gasteiger partial charge on any atom is -0.481 e. The monoisotopic (exact) mass is 366 g/mol. The highest BCUT2D eigenvalue weighted by Gasteiger charge is 2.38. The second-order valence-corrected chi connectivity index (χ2v) is 8.22. The Morgan fingerprint density at radius 2 is 1.61 bits per heavy atom. The molecule has 8 heteroatoms. The van der Waals surface area contributed by atoms with Crippen LogP contribution in [0.1, 0.15) is 44.9 Å². The van der Waals surface area contributed by atoms with Crippen molar-refractivity contribution in [3.63, 3.8) is 0 Å². The van der Waals surface area contributed by atoms with Gasteiger partial charge in [-0.2, -0.15) is 0 Å². The van der Waals surface area contributed by atoms with Crippen LogP contribution in [0.2, 0.25) is 0 Å². The Balaban J connectivity index is 1.90. The molecule has 5 unspecified atom stereocenters. The molecule has 0 bridgehead atoms. The second kappa shape index (κ2) is 8.44. The van der Waals surface area contributed by atoms with Gasteiger partial charge in [0.2, 0.25) is 0 Å². The summed E-state index contributed by atoms with van der Waals surface area (Å²) >= 11 is 4.69. The predicted molar refractivity (Wildman–Crippen MR) is 85.6 cm³/mol. The van der Waals surface area contributed by atoms with E-state index in [0.29, 0.717) is 5.75 Å². The number of rotatable bonds is 6.